The molecule has 0 unspecified atom stereocenters. The number of fused-ring (bicyclic) bond motifs is 3. The minimum absolute atomic E-state index is 0.275. The highest BCUT2D eigenvalue weighted by Gasteiger charge is 2.51. The molecule has 2 aliphatic carbocycles. The highest BCUT2D eigenvalue weighted by Crippen LogP contribution is 2.54. The predicted molar refractivity (Wildman–Crippen MR) is 108 cm³/mol. The maximum Gasteiger partial charge on any atom is 0.166 e. The van der Waals surface area contributed by atoms with Gasteiger partial charge in [0, 0.05) is 28.5 Å². The van der Waals surface area contributed by atoms with Crippen molar-refractivity contribution in [2.24, 2.45) is 0 Å². The molecule has 2 aromatic heterocycles. The molecule has 3 aromatic rings. The van der Waals surface area contributed by atoms with Crippen molar-refractivity contribution < 1.29 is 13.2 Å². The van der Waals surface area contributed by atoms with Gasteiger partial charge in [-0.15, -0.1) is 0 Å². The van der Waals surface area contributed by atoms with E-state index in [9.17, 15) is 4.39 Å². The van der Waals surface area contributed by atoms with Crippen LogP contribution in [0.25, 0.3) is 11.3 Å². The average Bonchev–Trinajstić information content (AvgIpc) is 3.64. The predicted octanol–water partition coefficient (Wildman–Crippen LogP) is 3.48. The van der Waals surface area contributed by atoms with Crippen molar-refractivity contribution in [3.8, 4) is 5.75 Å². The highest BCUT2D eigenvalue weighted by atomic mass is 19.1. The van der Waals surface area contributed by atoms with Crippen molar-refractivity contribution >= 4 is 17.2 Å². The average molecular weight is 394 g/mol. The molecule has 6 nitrogen and oxygen atoms in total. The lowest BCUT2D eigenvalue weighted by Crippen LogP contribution is -2.36. The third-order valence-corrected chi connectivity index (χ3v) is 6.28. The SMILES string of the molecule is [2H]C([2H])([2H])N1c2ccn3ncc(c3n2)C(=C)NC2(CC2)COc2ccc(F)cc2C12CC2. The van der Waals surface area contributed by atoms with Crippen LogP contribution in [0.3, 0.4) is 0 Å². The van der Waals surface area contributed by atoms with E-state index in [1.54, 1.807) is 29.0 Å². The Kier molecular flexibility index (Phi) is 2.65. The van der Waals surface area contributed by atoms with Crippen molar-refractivity contribution in [2.45, 2.75) is 36.8 Å². The number of nitrogens with one attached hydrogen (secondary N) is 1. The first-order valence-electron chi connectivity index (χ1n) is 11.3. The van der Waals surface area contributed by atoms with Crippen LogP contribution in [0.4, 0.5) is 10.2 Å². The van der Waals surface area contributed by atoms with E-state index in [0.717, 1.165) is 12.8 Å². The summed E-state index contributed by atoms with van der Waals surface area (Å²) in [7, 11) is 0. The molecule has 1 aliphatic heterocycles. The summed E-state index contributed by atoms with van der Waals surface area (Å²) >= 11 is 0. The molecule has 0 atom stereocenters. The number of hydrogen-bond donors (Lipinski definition) is 1. The zero-order valence-electron chi connectivity index (χ0n) is 18.8. The van der Waals surface area contributed by atoms with Gasteiger partial charge < -0.3 is 15.0 Å². The maximum atomic E-state index is 14.4. The van der Waals surface area contributed by atoms with Gasteiger partial charge in [-0.25, -0.2) is 13.9 Å². The molecule has 6 rings (SSSR count). The van der Waals surface area contributed by atoms with Crippen LogP contribution in [-0.4, -0.2) is 33.7 Å². The molecule has 7 heteroatoms. The lowest BCUT2D eigenvalue weighted by Gasteiger charge is -2.31. The first-order chi connectivity index (χ1) is 15.2. The van der Waals surface area contributed by atoms with Crippen molar-refractivity contribution in [3.63, 3.8) is 0 Å². The van der Waals surface area contributed by atoms with Crippen molar-refractivity contribution in [1.29, 1.82) is 0 Å². The normalized spacial score (nSPS) is 23.1. The van der Waals surface area contributed by atoms with E-state index in [1.807, 2.05) is 0 Å². The molecule has 2 fully saturated rings. The summed E-state index contributed by atoms with van der Waals surface area (Å²) in [6, 6.07) is 5.98. The van der Waals surface area contributed by atoms with Gasteiger partial charge in [-0.1, -0.05) is 6.58 Å². The van der Waals surface area contributed by atoms with Gasteiger partial charge in [0.2, 0.25) is 0 Å². The fourth-order valence-corrected chi connectivity index (χ4v) is 4.20. The van der Waals surface area contributed by atoms with E-state index in [2.05, 4.69) is 17.0 Å². The van der Waals surface area contributed by atoms with Crippen LogP contribution >= 0.6 is 0 Å². The van der Waals surface area contributed by atoms with Crippen molar-refractivity contribution in [1.82, 2.24) is 19.9 Å². The lowest BCUT2D eigenvalue weighted by atomic mass is 10.0. The van der Waals surface area contributed by atoms with Crippen LogP contribution in [0.5, 0.6) is 5.75 Å². The first-order valence-corrected chi connectivity index (χ1v) is 9.76. The quantitative estimate of drug-likeness (QED) is 0.633. The van der Waals surface area contributed by atoms with Crippen LogP contribution in [0.15, 0.2) is 43.2 Å². The molecule has 2 spiro atoms. The van der Waals surface area contributed by atoms with Crippen LogP contribution in [0.2, 0.25) is 0 Å². The van der Waals surface area contributed by atoms with E-state index in [4.69, 9.17) is 13.8 Å². The summed E-state index contributed by atoms with van der Waals surface area (Å²) in [5.41, 5.74) is 1.22. The minimum Gasteiger partial charge on any atom is -0.491 e. The fourth-order valence-electron chi connectivity index (χ4n) is 4.20. The molecule has 2 bridgehead atoms. The summed E-state index contributed by atoms with van der Waals surface area (Å²) in [6.07, 6.45) is 6.30. The second-order valence-electron chi connectivity index (χ2n) is 8.29. The summed E-state index contributed by atoms with van der Waals surface area (Å²) in [5.74, 6) is 0.350. The van der Waals surface area contributed by atoms with E-state index in [-0.39, 0.29) is 11.4 Å². The molecule has 1 N–H and O–H groups in total. The summed E-state index contributed by atoms with van der Waals surface area (Å²) in [4.78, 5) is 6.04. The van der Waals surface area contributed by atoms with Gasteiger partial charge in [-0.05, 0) is 49.9 Å². The van der Waals surface area contributed by atoms with Gasteiger partial charge in [0.15, 0.2) is 5.65 Å². The summed E-state index contributed by atoms with van der Waals surface area (Å²) in [5, 5.41) is 7.82. The number of halogens is 1. The van der Waals surface area contributed by atoms with Gasteiger partial charge in [0.05, 0.1) is 22.8 Å². The summed E-state index contributed by atoms with van der Waals surface area (Å²) in [6.45, 7) is 2.05. The Morgan fingerprint density at radius 2 is 2.14 bits per heavy atom. The third-order valence-electron chi connectivity index (χ3n) is 6.28. The Labute approximate surface area is 172 Å². The number of rotatable bonds is 0. The molecule has 1 aromatic carbocycles. The number of aromatic nitrogens is 3. The van der Waals surface area contributed by atoms with Gasteiger partial charge in [-0.3, -0.25) is 0 Å². The first kappa shape index (κ1) is 14.0. The number of nitrogens with zero attached hydrogens (tertiary/aromatic N) is 4. The zero-order chi connectivity index (χ0) is 22.3. The smallest absolute Gasteiger partial charge is 0.166 e. The fraction of sp³-hybridized carbons (Fsp3) is 0.364. The molecule has 0 saturated heterocycles. The number of anilines is 1. The van der Waals surface area contributed by atoms with Gasteiger partial charge in [-0.2, -0.15) is 5.10 Å². The van der Waals surface area contributed by atoms with Crippen LogP contribution < -0.4 is 15.0 Å². The molecule has 3 aliphatic rings. The van der Waals surface area contributed by atoms with E-state index >= 15 is 0 Å². The van der Waals surface area contributed by atoms with Crippen LogP contribution in [0, 0.1) is 5.82 Å². The largest absolute Gasteiger partial charge is 0.491 e. The molecule has 3 heterocycles. The second-order valence-corrected chi connectivity index (χ2v) is 8.29. The Bertz CT molecular complexity index is 1260. The highest BCUT2D eigenvalue weighted by molar-refractivity contribution is 5.74. The Morgan fingerprint density at radius 1 is 1.28 bits per heavy atom. The summed E-state index contributed by atoms with van der Waals surface area (Å²) < 4.78 is 47.2. The van der Waals surface area contributed by atoms with E-state index in [0.29, 0.717) is 47.7 Å². The van der Waals surface area contributed by atoms with Gasteiger partial charge >= 0.3 is 0 Å². The second kappa shape index (κ2) is 5.49. The van der Waals surface area contributed by atoms with E-state index < -0.39 is 18.3 Å². The Balaban J connectivity index is 1.61. The van der Waals surface area contributed by atoms with Gasteiger partial charge in [0.1, 0.15) is 24.0 Å². The van der Waals surface area contributed by atoms with Crippen molar-refractivity contribution in [3.05, 3.63) is 60.2 Å². The molecule has 0 amide bonds. The van der Waals surface area contributed by atoms with Crippen LogP contribution in [-0.2, 0) is 5.54 Å². The van der Waals surface area contributed by atoms with Crippen LogP contribution in [0.1, 0.15) is 40.9 Å². The molecule has 0 radical (unpaired) electrons. The molecule has 29 heavy (non-hydrogen) atoms. The third kappa shape index (κ3) is 2.46. The zero-order valence-corrected chi connectivity index (χ0v) is 15.8. The Morgan fingerprint density at radius 3 is 2.90 bits per heavy atom. The lowest BCUT2D eigenvalue weighted by molar-refractivity contribution is 0.261. The molecular weight excluding hydrogens is 369 g/mol. The molecule has 2 saturated carbocycles. The van der Waals surface area contributed by atoms with Gasteiger partial charge in [0.25, 0.3) is 0 Å². The van der Waals surface area contributed by atoms with Crippen molar-refractivity contribution in [2.75, 3.05) is 18.5 Å². The topological polar surface area (TPSA) is 54.7 Å². The maximum absolute atomic E-state index is 14.4. The monoisotopic (exact) mass is 394 g/mol. The number of benzene rings is 1. The van der Waals surface area contributed by atoms with E-state index in [1.165, 1.54) is 17.0 Å². The number of ether oxygens (including phenoxy) is 1. The Hall–Kier alpha value is -3.09. The molecular formula is C22H22FN5O. The molecule has 148 valence electrons. The minimum atomic E-state index is -2.50. The number of hydrogen-bond acceptors (Lipinski definition) is 5. The standard InChI is InChI=1S/C22H22FN5O/c1-14-16-12-24-28-10-5-19(25-20(16)28)27(2)22(8-9-22)17-11-15(23)3-4-18(17)29-13-21(26-14)6-7-21/h3-5,10-12,26H,1,6-9,13H2,2H3/i2D3.